The third kappa shape index (κ3) is 5.21. The van der Waals surface area contributed by atoms with Crippen molar-refractivity contribution in [3.8, 4) is 11.8 Å². The normalized spacial score (nSPS) is 11.5. The third-order valence-electron chi connectivity index (χ3n) is 4.37. The molecule has 7 nitrogen and oxygen atoms in total. The summed E-state index contributed by atoms with van der Waals surface area (Å²) in [5.41, 5.74) is 2.79. The van der Waals surface area contributed by atoms with Gasteiger partial charge in [0.05, 0.1) is 18.2 Å². The van der Waals surface area contributed by atoms with Crippen molar-refractivity contribution in [3.63, 3.8) is 0 Å². The van der Waals surface area contributed by atoms with Gasteiger partial charge in [0.15, 0.2) is 12.7 Å². The molecule has 2 rings (SSSR count). The maximum atomic E-state index is 12.5. The molecule has 7 heteroatoms. The molecule has 0 aliphatic heterocycles. The highest BCUT2D eigenvalue weighted by atomic mass is 16.6. The van der Waals surface area contributed by atoms with Crippen molar-refractivity contribution in [1.29, 1.82) is 5.26 Å². The molecule has 148 valence electrons. The molecule has 0 aliphatic rings. The lowest BCUT2D eigenvalue weighted by molar-refractivity contribution is -0.149. The monoisotopic (exact) mass is 384 g/mol. The Bertz CT molecular complexity index is 877. The summed E-state index contributed by atoms with van der Waals surface area (Å²) in [5, 5.41) is 8.79. The van der Waals surface area contributed by atoms with E-state index in [0.29, 0.717) is 30.0 Å². The zero-order valence-corrected chi connectivity index (χ0v) is 16.5. The van der Waals surface area contributed by atoms with E-state index in [4.69, 9.17) is 19.5 Å². The third-order valence-corrected chi connectivity index (χ3v) is 4.37. The van der Waals surface area contributed by atoms with Gasteiger partial charge >= 0.3 is 5.97 Å². The van der Waals surface area contributed by atoms with Crippen LogP contribution in [0.2, 0.25) is 0 Å². The Morgan fingerprint density at radius 3 is 2.50 bits per heavy atom. The summed E-state index contributed by atoms with van der Waals surface area (Å²) in [5.74, 6) is -0.460. The van der Waals surface area contributed by atoms with Crippen molar-refractivity contribution in [2.24, 2.45) is 0 Å². The summed E-state index contributed by atoms with van der Waals surface area (Å²) in [6.07, 6.45) is -0.880. The van der Waals surface area contributed by atoms with E-state index in [2.05, 4.69) is 0 Å². The minimum absolute atomic E-state index is 0.268. The van der Waals surface area contributed by atoms with Crippen molar-refractivity contribution < 1.29 is 23.8 Å². The van der Waals surface area contributed by atoms with E-state index in [9.17, 15) is 9.59 Å². The summed E-state index contributed by atoms with van der Waals surface area (Å²) in [7, 11) is 1.63. The van der Waals surface area contributed by atoms with E-state index < -0.39 is 12.1 Å². The molecule has 0 fully saturated rings. The highest BCUT2D eigenvalue weighted by Crippen LogP contribution is 2.17. The van der Waals surface area contributed by atoms with Gasteiger partial charge in [0, 0.05) is 30.6 Å². The lowest BCUT2D eigenvalue weighted by Gasteiger charge is -2.14. The number of nitriles is 1. The van der Waals surface area contributed by atoms with Crippen LogP contribution in [0.3, 0.4) is 0 Å². The Morgan fingerprint density at radius 2 is 1.89 bits per heavy atom. The molecule has 2 aromatic rings. The number of carbonyl (C=O) groups excluding carboxylic acids is 2. The number of ketones is 1. The van der Waals surface area contributed by atoms with E-state index >= 15 is 0 Å². The largest absolute Gasteiger partial charge is 0.479 e. The van der Waals surface area contributed by atoms with Crippen LogP contribution < -0.4 is 4.74 Å². The molecule has 0 radical (unpaired) electrons. The molecule has 0 saturated carbocycles. The Labute approximate surface area is 164 Å². The molecule has 0 amide bonds. The summed E-state index contributed by atoms with van der Waals surface area (Å²) in [6, 6.07) is 10.2. The zero-order chi connectivity index (χ0) is 20.7. The van der Waals surface area contributed by atoms with Gasteiger partial charge in [0.1, 0.15) is 5.75 Å². The quantitative estimate of drug-likeness (QED) is 0.488. The number of esters is 1. The first-order chi connectivity index (χ1) is 13.4. The van der Waals surface area contributed by atoms with Crippen LogP contribution in [-0.4, -0.2) is 42.7 Å². The van der Waals surface area contributed by atoms with Crippen LogP contribution in [-0.2, 0) is 20.8 Å². The number of nitrogens with zero attached hydrogens (tertiary/aromatic N) is 2. The van der Waals surface area contributed by atoms with E-state index in [-0.39, 0.29) is 12.4 Å². The smallest absolute Gasteiger partial charge is 0.347 e. The van der Waals surface area contributed by atoms with E-state index in [1.54, 1.807) is 44.4 Å². The summed E-state index contributed by atoms with van der Waals surface area (Å²) < 4.78 is 17.7. The number of rotatable bonds is 9. The van der Waals surface area contributed by atoms with Crippen LogP contribution in [0.25, 0.3) is 0 Å². The van der Waals surface area contributed by atoms with Gasteiger partial charge in [-0.25, -0.2) is 4.79 Å². The van der Waals surface area contributed by atoms with Gasteiger partial charge in [-0.05, 0) is 51.1 Å². The summed E-state index contributed by atoms with van der Waals surface area (Å²) in [6.45, 7) is 6.16. The number of ether oxygens (including phenoxy) is 3. The Balaban J connectivity index is 1.92. The fourth-order valence-corrected chi connectivity index (χ4v) is 2.80. The van der Waals surface area contributed by atoms with Crippen LogP contribution in [0.4, 0.5) is 0 Å². The van der Waals surface area contributed by atoms with Crippen LogP contribution in [0.5, 0.6) is 5.75 Å². The van der Waals surface area contributed by atoms with Crippen LogP contribution in [0.15, 0.2) is 30.3 Å². The minimum Gasteiger partial charge on any atom is -0.479 e. The molecule has 28 heavy (non-hydrogen) atoms. The van der Waals surface area contributed by atoms with Gasteiger partial charge in [-0.3, -0.25) is 4.79 Å². The van der Waals surface area contributed by atoms with Crippen LogP contribution in [0.1, 0.15) is 34.2 Å². The molecule has 1 aromatic carbocycles. The van der Waals surface area contributed by atoms with Gasteiger partial charge in [-0.15, -0.1) is 0 Å². The first kappa shape index (κ1) is 21.2. The fourth-order valence-electron chi connectivity index (χ4n) is 2.80. The average molecular weight is 384 g/mol. The molecular weight excluding hydrogens is 360 g/mol. The molecule has 0 saturated heterocycles. The van der Waals surface area contributed by atoms with Gasteiger partial charge in [-0.2, -0.15) is 5.26 Å². The predicted molar refractivity (Wildman–Crippen MR) is 102 cm³/mol. The van der Waals surface area contributed by atoms with Crippen molar-refractivity contribution in [2.75, 3.05) is 20.3 Å². The summed E-state index contributed by atoms with van der Waals surface area (Å²) in [4.78, 5) is 24.6. The molecular formula is C21H24N2O5. The first-order valence-corrected chi connectivity index (χ1v) is 8.89. The molecule has 0 N–H and O–H groups in total. The second kappa shape index (κ2) is 9.72. The highest BCUT2D eigenvalue weighted by Gasteiger charge is 2.21. The molecule has 0 unspecified atom stereocenters. The SMILES string of the molecule is COCCn1c(C)cc(C(=O)COC(=O)[C@@H](C)Oc2ccc(C#N)cc2)c1C. The predicted octanol–water partition coefficient (Wildman–Crippen LogP) is 2.82. The number of hydrogen-bond donors (Lipinski definition) is 0. The Morgan fingerprint density at radius 1 is 1.21 bits per heavy atom. The van der Waals surface area contributed by atoms with Crippen molar-refractivity contribution in [1.82, 2.24) is 4.57 Å². The number of Topliss-reactive ketones (excluding diaryl/α,β-unsaturated/α-hetero) is 1. The van der Waals surface area contributed by atoms with Crippen molar-refractivity contribution in [2.45, 2.75) is 33.4 Å². The fraction of sp³-hybridized carbons (Fsp3) is 0.381. The second-order valence-electron chi connectivity index (χ2n) is 6.36. The first-order valence-electron chi connectivity index (χ1n) is 8.89. The number of methoxy groups -OCH3 is 1. The number of hydrogen-bond acceptors (Lipinski definition) is 6. The van der Waals surface area contributed by atoms with Gasteiger partial charge < -0.3 is 18.8 Å². The van der Waals surface area contributed by atoms with Crippen LogP contribution in [0, 0.1) is 25.2 Å². The van der Waals surface area contributed by atoms with Crippen molar-refractivity contribution >= 4 is 11.8 Å². The standard InChI is InChI=1S/C21H24N2O5/c1-14-11-19(15(2)23(14)9-10-26-4)20(24)13-27-21(25)16(3)28-18-7-5-17(12-22)6-8-18/h5-8,11,16H,9-10,13H2,1-4H3/t16-/m1/s1. The number of benzene rings is 1. The van der Waals surface area contributed by atoms with Gasteiger partial charge in [-0.1, -0.05) is 0 Å². The van der Waals surface area contributed by atoms with Gasteiger partial charge in [0.25, 0.3) is 0 Å². The summed E-state index contributed by atoms with van der Waals surface area (Å²) >= 11 is 0. The maximum Gasteiger partial charge on any atom is 0.347 e. The number of aryl methyl sites for hydroxylation is 1. The van der Waals surface area contributed by atoms with E-state index in [1.165, 1.54) is 0 Å². The molecule has 0 aliphatic carbocycles. The Kier molecular flexibility index (Phi) is 7.36. The van der Waals surface area contributed by atoms with Crippen molar-refractivity contribution in [3.05, 3.63) is 52.8 Å². The van der Waals surface area contributed by atoms with E-state index in [1.807, 2.05) is 24.5 Å². The second-order valence-corrected chi connectivity index (χ2v) is 6.36. The highest BCUT2D eigenvalue weighted by molar-refractivity contribution is 5.99. The zero-order valence-electron chi connectivity index (χ0n) is 16.5. The minimum atomic E-state index is -0.880. The number of carbonyl (C=O) groups is 2. The molecule has 0 spiro atoms. The lowest BCUT2D eigenvalue weighted by Crippen LogP contribution is -2.28. The van der Waals surface area contributed by atoms with Crippen LogP contribution >= 0.6 is 0 Å². The van der Waals surface area contributed by atoms with Gasteiger partial charge in [0.2, 0.25) is 5.78 Å². The molecule has 0 bridgehead atoms. The van der Waals surface area contributed by atoms with E-state index in [0.717, 1.165) is 11.4 Å². The molecule has 1 atom stereocenters. The topological polar surface area (TPSA) is 90.6 Å². The lowest BCUT2D eigenvalue weighted by atomic mass is 10.1. The maximum absolute atomic E-state index is 12.5. The Hall–Kier alpha value is -3.11. The number of aromatic nitrogens is 1. The molecule has 1 aromatic heterocycles. The average Bonchev–Trinajstić information content (AvgIpc) is 2.98. The molecule has 1 heterocycles.